The van der Waals surface area contributed by atoms with E-state index in [9.17, 15) is 9.18 Å². The summed E-state index contributed by atoms with van der Waals surface area (Å²) in [6, 6.07) is 5.96. The smallest absolute Gasteiger partial charge is 0.242 e. The zero-order valence-electron chi connectivity index (χ0n) is 11.8. The van der Waals surface area contributed by atoms with E-state index < -0.39 is 0 Å². The molecule has 1 amide bonds. The van der Waals surface area contributed by atoms with Crippen molar-refractivity contribution in [2.45, 2.75) is 12.1 Å². The zero-order chi connectivity index (χ0) is 14.7. The first-order valence-electron chi connectivity index (χ1n) is 7.21. The highest BCUT2D eigenvalue weighted by Gasteiger charge is 2.31. The lowest BCUT2D eigenvalue weighted by Gasteiger charge is -2.36. The number of carbonyl (C=O) groups excluding carboxylic acids is 1. The van der Waals surface area contributed by atoms with Crippen molar-refractivity contribution in [1.29, 1.82) is 0 Å². The lowest BCUT2D eigenvalue weighted by molar-refractivity contribution is -0.144. The molecule has 0 aliphatic carbocycles. The highest BCUT2D eigenvalue weighted by Crippen LogP contribution is 2.23. The van der Waals surface area contributed by atoms with Gasteiger partial charge in [0.2, 0.25) is 5.91 Å². The number of nitrogens with zero attached hydrogens (tertiary/aromatic N) is 1. The van der Waals surface area contributed by atoms with Crippen LogP contribution < -0.4 is 5.32 Å². The molecule has 2 heterocycles. The van der Waals surface area contributed by atoms with E-state index in [4.69, 9.17) is 9.47 Å². The number of morpholine rings is 2. The third-order valence-electron chi connectivity index (χ3n) is 3.84. The summed E-state index contributed by atoms with van der Waals surface area (Å²) < 4.78 is 24.0. The molecule has 0 spiro atoms. The van der Waals surface area contributed by atoms with E-state index in [0.29, 0.717) is 39.5 Å². The van der Waals surface area contributed by atoms with E-state index in [1.54, 1.807) is 17.0 Å². The lowest BCUT2D eigenvalue weighted by Crippen LogP contribution is -2.55. The molecule has 0 radical (unpaired) electrons. The molecule has 2 unspecified atom stereocenters. The van der Waals surface area contributed by atoms with E-state index in [0.717, 1.165) is 5.56 Å². The van der Waals surface area contributed by atoms with Crippen LogP contribution in [0.25, 0.3) is 0 Å². The minimum Gasteiger partial charge on any atom is -0.378 e. The SMILES string of the molecule is O=C(C1COCCN1)N1CCOC(c2ccc(F)cc2)C1. The fraction of sp³-hybridized carbons (Fsp3) is 0.533. The molecule has 0 aromatic heterocycles. The zero-order valence-corrected chi connectivity index (χ0v) is 11.8. The van der Waals surface area contributed by atoms with E-state index in [1.165, 1.54) is 12.1 Å². The Bertz CT molecular complexity index is 488. The van der Waals surface area contributed by atoms with E-state index in [2.05, 4.69) is 5.32 Å². The number of benzene rings is 1. The van der Waals surface area contributed by atoms with Crippen molar-refractivity contribution in [3.05, 3.63) is 35.6 Å². The topological polar surface area (TPSA) is 50.8 Å². The molecule has 5 nitrogen and oxygen atoms in total. The van der Waals surface area contributed by atoms with Gasteiger partial charge in [-0.25, -0.2) is 4.39 Å². The molecule has 0 saturated carbocycles. The van der Waals surface area contributed by atoms with Gasteiger partial charge in [0, 0.05) is 13.1 Å². The van der Waals surface area contributed by atoms with Crippen molar-refractivity contribution in [2.75, 3.05) is 39.5 Å². The van der Waals surface area contributed by atoms with E-state index >= 15 is 0 Å². The number of hydrogen-bond acceptors (Lipinski definition) is 4. The molecule has 114 valence electrons. The van der Waals surface area contributed by atoms with Gasteiger partial charge in [0.25, 0.3) is 0 Å². The normalized spacial score (nSPS) is 26.6. The fourth-order valence-corrected chi connectivity index (χ4v) is 2.67. The van der Waals surface area contributed by atoms with Crippen LogP contribution in [0.3, 0.4) is 0 Å². The average molecular weight is 294 g/mol. The predicted octanol–water partition coefficient (Wildman–Crippen LogP) is 0.714. The van der Waals surface area contributed by atoms with Crippen LogP contribution in [0.2, 0.25) is 0 Å². The summed E-state index contributed by atoms with van der Waals surface area (Å²) in [4.78, 5) is 14.2. The molecule has 6 heteroatoms. The first kappa shape index (κ1) is 14.4. The van der Waals surface area contributed by atoms with Gasteiger partial charge in [0.1, 0.15) is 18.0 Å². The second-order valence-electron chi connectivity index (χ2n) is 5.28. The molecule has 1 N–H and O–H groups in total. The van der Waals surface area contributed by atoms with Crippen LogP contribution in [0.1, 0.15) is 11.7 Å². The summed E-state index contributed by atoms with van der Waals surface area (Å²) in [6.07, 6.45) is -0.201. The minimum atomic E-state index is -0.272. The Kier molecular flexibility index (Phi) is 4.48. The highest BCUT2D eigenvalue weighted by molar-refractivity contribution is 5.82. The summed E-state index contributed by atoms with van der Waals surface area (Å²) in [5.41, 5.74) is 0.891. The maximum atomic E-state index is 13.0. The maximum Gasteiger partial charge on any atom is 0.242 e. The number of amides is 1. The van der Waals surface area contributed by atoms with Crippen molar-refractivity contribution in [3.63, 3.8) is 0 Å². The third kappa shape index (κ3) is 3.40. The molecule has 1 aromatic carbocycles. The number of carbonyl (C=O) groups is 1. The number of hydrogen-bond donors (Lipinski definition) is 1. The maximum absolute atomic E-state index is 13.0. The first-order valence-corrected chi connectivity index (χ1v) is 7.21. The van der Waals surface area contributed by atoms with Crippen molar-refractivity contribution >= 4 is 5.91 Å². The average Bonchev–Trinajstić information content (AvgIpc) is 2.56. The molecular formula is C15H19FN2O3. The molecule has 2 saturated heterocycles. The number of halogens is 1. The van der Waals surface area contributed by atoms with Gasteiger partial charge in [-0.1, -0.05) is 12.1 Å². The van der Waals surface area contributed by atoms with Crippen LogP contribution in [0.4, 0.5) is 4.39 Å². The lowest BCUT2D eigenvalue weighted by atomic mass is 10.1. The van der Waals surface area contributed by atoms with Gasteiger partial charge in [0.05, 0.1) is 26.4 Å². The van der Waals surface area contributed by atoms with Crippen LogP contribution in [0, 0.1) is 5.82 Å². The van der Waals surface area contributed by atoms with E-state index in [-0.39, 0.29) is 23.9 Å². The largest absolute Gasteiger partial charge is 0.378 e. The monoisotopic (exact) mass is 294 g/mol. The molecule has 1 aromatic rings. The van der Waals surface area contributed by atoms with Crippen LogP contribution in [-0.4, -0.2) is 56.3 Å². The Hall–Kier alpha value is -1.50. The van der Waals surface area contributed by atoms with Gasteiger partial charge in [-0.15, -0.1) is 0 Å². The summed E-state index contributed by atoms with van der Waals surface area (Å²) in [6.45, 7) is 3.31. The Morgan fingerprint density at radius 2 is 2.10 bits per heavy atom. The molecule has 0 bridgehead atoms. The quantitative estimate of drug-likeness (QED) is 0.873. The summed E-state index contributed by atoms with van der Waals surface area (Å²) in [5, 5.41) is 3.17. The van der Waals surface area contributed by atoms with Gasteiger partial charge in [-0.2, -0.15) is 0 Å². The number of ether oxygens (including phenoxy) is 2. The van der Waals surface area contributed by atoms with Crippen molar-refractivity contribution in [1.82, 2.24) is 10.2 Å². The van der Waals surface area contributed by atoms with Gasteiger partial charge < -0.3 is 19.7 Å². The van der Waals surface area contributed by atoms with E-state index in [1.807, 2.05) is 0 Å². The van der Waals surface area contributed by atoms with Gasteiger partial charge in [-0.3, -0.25) is 4.79 Å². The fourth-order valence-electron chi connectivity index (χ4n) is 2.67. The van der Waals surface area contributed by atoms with Gasteiger partial charge >= 0.3 is 0 Å². The Morgan fingerprint density at radius 3 is 2.81 bits per heavy atom. The molecule has 3 rings (SSSR count). The van der Waals surface area contributed by atoms with Crippen LogP contribution in [-0.2, 0) is 14.3 Å². The molecule has 2 aliphatic rings. The molecule has 2 fully saturated rings. The predicted molar refractivity (Wildman–Crippen MR) is 74.3 cm³/mol. The van der Waals surface area contributed by atoms with Crippen molar-refractivity contribution < 1.29 is 18.7 Å². The molecule has 21 heavy (non-hydrogen) atoms. The Labute approximate surface area is 123 Å². The highest BCUT2D eigenvalue weighted by atomic mass is 19.1. The standard InChI is InChI=1S/C15H19FN2O3/c16-12-3-1-11(2-4-12)14-9-18(6-8-21-14)15(19)13-10-20-7-5-17-13/h1-4,13-14,17H,5-10H2. The van der Waals surface area contributed by atoms with Crippen LogP contribution in [0.5, 0.6) is 0 Å². The second-order valence-corrected chi connectivity index (χ2v) is 5.28. The van der Waals surface area contributed by atoms with Crippen LogP contribution >= 0.6 is 0 Å². The number of nitrogens with one attached hydrogen (secondary N) is 1. The van der Waals surface area contributed by atoms with Crippen LogP contribution in [0.15, 0.2) is 24.3 Å². The van der Waals surface area contributed by atoms with Gasteiger partial charge in [-0.05, 0) is 17.7 Å². The summed E-state index contributed by atoms with van der Waals surface area (Å²) in [5.74, 6) is -0.226. The third-order valence-corrected chi connectivity index (χ3v) is 3.84. The summed E-state index contributed by atoms with van der Waals surface area (Å²) in [7, 11) is 0. The Morgan fingerprint density at radius 1 is 1.29 bits per heavy atom. The number of rotatable bonds is 2. The summed E-state index contributed by atoms with van der Waals surface area (Å²) >= 11 is 0. The van der Waals surface area contributed by atoms with Crippen molar-refractivity contribution in [3.8, 4) is 0 Å². The second kappa shape index (κ2) is 6.51. The molecule has 2 atom stereocenters. The molecule has 2 aliphatic heterocycles. The Balaban J connectivity index is 1.64. The van der Waals surface area contributed by atoms with Crippen molar-refractivity contribution in [2.24, 2.45) is 0 Å². The minimum absolute atomic E-state index is 0.0464. The van der Waals surface area contributed by atoms with Gasteiger partial charge in [0.15, 0.2) is 0 Å². The first-order chi connectivity index (χ1) is 10.2. The molecular weight excluding hydrogens is 275 g/mol.